The first kappa shape index (κ1) is 27.4. The number of primary amides is 1. The number of phenolic OH excluding ortho intramolecular Hbond substituents is 1. The van der Waals surface area contributed by atoms with Gasteiger partial charge in [0.25, 0.3) is 5.91 Å². The average molecular weight is 526 g/mol. The number of hydrogen-bond donors (Lipinski definition) is 5. The van der Waals surface area contributed by atoms with Gasteiger partial charge in [0.15, 0.2) is 11.6 Å². The number of aliphatic hydroxyl groups is 2. The van der Waals surface area contributed by atoms with Crippen molar-refractivity contribution in [3.05, 3.63) is 45.2 Å². The molecule has 0 aromatic heterocycles. The first-order chi connectivity index (χ1) is 17.5. The van der Waals surface area contributed by atoms with E-state index >= 15 is 0 Å². The van der Waals surface area contributed by atoms with Crippen molar-refractivity contribution in [1.82, 2.24) is 5.32 Å². The predicted octanol–water partition coefficient (Wildman–Crippen LogP) is 1.81. The molecule has 0 spiro atoms. The number of nitrogens with two attached hydrogens (primary N) is 1. The lowest BCUT2D eigenvalue weighted by Gasteiger charge is -2.48. The van der Waals surface area contributed by atoms with Crippen LogP contribution in [0.2, 0.25) is 0 Å². The average Bonchev–Trinajstić information content (AvgIpc) is 2.79. The highest BCUT2D eigenvalue weighted by Crippen LogP contribution is 2.54. The first-order valence-corrected chi connectivity index (χ1v) is 12.6. The van der Waals surface area contributed by atoms with Crippen LogP contribution in [0.1, 0.15) is 62.0 Å². The van der Waals surface area contributed by atoms with Gasteiger partial charge in [0.05, 0.1) is 5.56 Å². The number of amides is 2. The fourth-order valence-electron chi connectivity index (χ4n) is 6.05. The Bertz CT molecular complexity index is 1350. The number of hydrogen-bond acceptors (Lipinski definition) is 8. The van der Waals surface area contributed by atoms with Gasteiger partial charge in [0.2, 0.25) is 5.91 Å². The maximum Gasteiger partial charge on any atom is 0.255 e. The Morgan fingerprint density at radius 2 is 1.82 bits per heavy atom. The molecule has 0 saturated heterocycles. The van der Waals surface area contributed by atoms with Crippen molar-refractivity contribution < 1.29 is 34.5 Å². The molecule has 0 bridgehead atoms. The predicted molar refractivity (Wildman–Crippen MR) is 139 cm³/mol. The second-order valence-electron chi connectivity index (χ2n) is 11.8. The van der Waals surface area contributed by atoms with E-state index in [-0.39, 0.29) is 53.7 Å². The van der Waals surface area contributed by atoms with Crippen molar-refractivity contribution in [2.75, 3.05) is 19.0 Å². The van der Waals surface area contributed by atoms with Crippen molar-refractivity contribution in [3.8, 4) is 5.75 Å². The molecule has 1 aromatic rings. The van der Waals surface area contributed by atoms with Crippen LogP contribution in [-0.4, -0.2) is 58.4 Å². The SMILES string of the molecule is CC1=C2C(=O)c3c(O)c(CNC(=O)C(C)(C)C)cc(N(C)C)c3C[C@H]2C[C@H]2CC(=O)C(C(N)=O)=C(O)[C@@]12O. The van der Waals surface area contributed by atoms with Crippen LogP contribution >= 0.6 is 0 Å². The quantitative estimate of drug-likeness (QED) is 0.371. The lowest BCUT2D eigenvalue weighted by atomic mass is 9.58. The number of benzene rings is 1. The number of phenols is 1. The molecule has 3 aliphatic carbocycles. The largest absolute Gasteiger partial charge is 0.508 e. The highest BCUT2D eigenvalue weighted by atomic mass is 16.3. The second-order valence-corrected chi connectivity index (χ2v) is 11.8. The third-order valence-corrected chi connectivity index (χ3v) is 8.09. The van der Waals surface area contributed by atoms with Gasteiger partial charge in [-0.25, -0.2) is 0 Å². The molecule has 204 valence electrons. The molecule has 0 radical (unpaired) electrons. The van der Waals surface area contributed by atoms with Crippen molar-refractivity contribution in [1.29, 1.82) is 0 Å². The van der Waals surface area contributed by atoms with Crippen LogP contribution in [0.5, 0.6) is 5.75 Å². The molecule has 10 heteroatoms. The third kappa shape index (κ3) is 3.98. The molecule has 3 atom stereocenters. The molecule has 6 N–H and O–H groups in total. The topological polar surface area (TPSA) is 170 Å². The fraction of sp³-hybridized carbons (Fsp3) is 0.500. The van der Waals surface area contributed by atoms with Gasteiger partial charge >= 0.3 is 0 Å². The van der Waals surface area contributed by atoms with E-state index in [1.807, 2.05) is 19.0 Å². The van der Waals surface area contributed by atoms with Crippen LogP contribution in [0.25, 0.3) is 0 Å². The highest BCUT2D eigenvalue weighted by Gasteiger charge is 2.56. The molecule has 3 aliphatic rings. The maximum atomic E-state index is 14.0. The smallest absolute Gasteiger partial charge is 0.255 e. The number of Topliss-reactive ketones (excluding diaryl/α,β-unsaturated/α-hetero) is 2. The van der Waals surface area contributed by atoms with E-state index < -0.39 is 45.7 Å². The van der Waals surface area contributed by atoms with Gasteiger partial charge in [-0.1, -0.05) is 20.8 Å². The van der Waals surface area contributed by atoms with Crippen LogP contribution in [0.4, 0.5) is 5.69 Å². The fourth-order valence-corrected chi connectivity index (χ4v) is 6.05. The van der Waals surface area contributed by atoms with Crippen molar-refractivity contribution in [2.45, 2.75) is 59.1 Å². The molecule has 10 nitrogen and oxygen atoms in total. The van der Waals surface area contributed by atoms with Crippen LogP contribution in [0.3, 0.4) is 0 Å². The first-order valence-electron chi connectivity index (χ1n) is 12.6. The zero-order valence-electron chi connectivity index (χ0n) is 22.6. The number of rotatable bonds is 4. The van der Waals surface area contributed by atoms with Crippen LogP contribution < -0.4 is 16.0 Å². The second kappa shape index (κ2) is 8.97. The molecule has 38 heavy (non-hydrogen) atoms. The number of ketones is 2. The number of allylic oxidation sites excluding steroid dienone is 1. The number of nitrogens with one attached hydrogen (secondary N) is 1. The van der Waals surface area contributed by atoms with Crippen LogP contribution in [-0.2, 0) is 27.3 Å². The summed E-state index contributed by atoms with van der Waals surface area (Å²) in [6, 6.07) is 1.75. The summed E-state index contributed by atoms with van der Waals surface area (Å²) in [4.78, 5) is 52.8. The van der Waals surface area contributed by atoms with Gasteiger partial charge in [-0.3, -0.25) is 19.2 Å². The Labute approximate surface area is 221 Å². The maximum absolute atomic E-state index is 14.0. The lowest BCUT2D eigenvalue weighted by molar-refractivity contribution is -0.129. The summed E-state index contributed by atoms with van der Waals surface area (Å²) in [7, 11) is 3.64. The Hall–Kier alpha value is -3.66. The van der Waals surface area contributed by atoms with Crippen molar-refractivity contribution in [3.63, 3.8) is 0 Å². The van der Waals surface area contributed by atoms with Crippen LogP contribution in [0, 0.1) is 17.3 Å². The molecule has 0 fully saturated rings. The minimum absolute atomic E-state index is 0.00438. The van der Waals surface area contributed by atoms with Gasteiger partial charge in [-0.2, -0.15) is 0 Å². The van der Waals surface area contributed by atoms with E-state index in [9.17, 15) is 34.5 Å². The molecular formula is C28H35N3O7. The van der Waals surface area contributed by atoms with Gasteiger partial charge in [-0.15, -0.1) is 0 Å². The molecule has 1 aromatic carbocycles. The van der Waals surface area contributed by atoms with Crippen LogP contribution in [0.15, 0.2) is 28.5 Å². The Balaban J connectivity index is 1.88. The van der Waals surface area contributed by atoms with Gasteiger partial charge < -0.3 is 31.3 Å². The van der Waals surface area contributed by atoms with E-state index in [1.165, 1.54) is 6.92 Å². The number of aliphatic hydroxyl groups excluding tert-OH is 1. The van der Waals surface area contributed by atoms with Crippen molar-refractivity contribution >= 4 is 29.1 Å². The summed E-state index contributed by atoms with van der Waals surface area (Å²) in [6.45, 7) is 6.82. The molecular weight excluding hydrogens is 490 g/mol. The Kier molecular flexibility index (Phi) is 6.46. The molecule has 0 unspecified atom stereocenters. The van der Waals surface area contributed by atoms with Gasteiger partial charge in [-0.05, 0) is 42.9 Å². The molecule has 0 saturated carbocycles. The minimum Gasteiger partial charge on any atom is -0.508 e. The minimum atomic E-state index is -2.10. The number of anilines is 1. The van der Waals surface area contributed by atoms with Gasteiger partial charge in [0.1, 0.15) is 22.7 Å². The number of aromatic hydroxyl groups is 1. The Morgan fingerprint density at radius 1 is 1.18 bits per heavy atom. The monoisotopic (exact) mass is 525 g/mol. The zero-order valence-corrected chi connectivity index (χ0v) is 22.6. The summed E-state index contributed by atoms with van der Waals surface area (Å²) in [5, 5.41) is 36.6. The zero-order chi connectivity index (χ0) is 28.5. The van der Waals surface area contributed by atoms with E-state index in [1.54, 1.807) is 26.8 Å². The summed E-state index contributed by atoms with van der Waals surface area (Å²) in [5.74, 6) is -4.71. The highest BCUT2D eigenvalue weighted by molar-refractivity contribution is 6.20. The van der Waals surface area contributed by atoms with E-state index in [2.05, 4.69) is 5.32 Å². The summed E-state index contributed by atoms with van der Waals surface area (Å²) in [5.41, 5.74) is 4.07. The molecule has 0 heterocycles. The summed E-state index contributed by atoms with van der Waals surface area (Å²) >= 11 is 0. The van der Waals surface area contributed by atoms with Crippen molar-refractivity contribution in [2.24, 2.45) is 23.0 Å². The molecule has 0 aliphatic heterocycles. The van der Waals surface area contributed by atoms with E-state index in [0.29, 0.717) is 23.2 Å². The standard InChI is InChI=1S/C28H35N3O7/c1-12-19-13(7-15-10-18(32)21(25(29)36)24(35)28(12,15)38)8-16-17(31(5)6)9-14(22(33)20(16)23(19)34)11-30-26(37)27(2,3)4/h9,13,15,33,35,38H,7-8,10-11H2,1-6H3,(H2,29,36)(H,30,37)/t13-,15+,28-/m1/s1. The van der Waals surface area contributed by atoms with Gasteiger partial charge in [0, 0.05) is 55.2 Å². The number of carbonyl (C=O) groups is 4. The molecule has 2 amide bonds. The number of fused-ring (bicyclic) bond motifs is 3. The van der Waals surface area contributed by atoms with E-state index in [4.69, 9.17) is 5.73 Å². The summed E-state index contributed by atoms with van der Waals surface area (Å²) < 4.78 is 0. The Morgan fingerprint density at radius 3 is 2.37 bits per heavy atom. The molecule has 4 rings (SSSR count). The number of nitrogens with zero attached hydrogens (tertiary/aromatic N) is 1. The third-order valence-electron chi connectivity index (χ3n) is 8.09. The van der Waals surface area contributed by atoms with E-state index in [0.717, 1.165) is 0 Å². The lowest BCUT2D eigenvalue weighted by Crippen LogP contribution is -2.53. The normalized spacial score (nSPS) is 25.0. The number of carbonyl (C=O) groups excluding carboxylic acids is 4. The summed E-state index contributed by atoms with van der Waals surface area (Å²) in [6.07, 6.45) is 0.379.